The van der Waals surface area contributed by atoms with Crippen LogP contribution in [0.1, 0.15) is 40.9 Å². The standard InChI is InChI=1S/C20H22N4O4/c1-5-16(19(25)23-17-10-11(2)28-24-17)27-20(26)15-8-6-14(7-9-15)18-21-12(3)13(4)22-18/h6-10,16H,5H2,1-4H3,(H,21,22)(H,23,24,25). The maximum absolute atomic E-state index is 12.4. The summed E-state index contributed by atoms with van der Waals surface area (Å²) in [6.07, 6.45) is -0.600. The summed E-state index contributed by atoms with van der Waals surface area (Å²) in [5.74, 6) is 0.565. The van der Waals surface area contributed by atoms with Gasteiger partial charge in [-0.3, -0.25) is 4.79 Å². The van der Waals surface area contributed by atoms with Crippen molar-refractivity contribution >= 4 is 17.7 Å². The first-order valence-electron chi connectivity index (χ1n) is 8.96. The third-order valence-electron chi connectivity index (χ3n) is 4.31. The molecular formula is C20H22N4O4. The van der Waals surface area contributed by atoms with Gasteiger partial charge < -0.3 is 19.6 Å². The van der Waals surface area contributed by atoms with Gasteiger partial charge >= 0.3 is 5.97 Å². The number of benzene rings is 1. The molecule has 28 heavy (non-hydrogen) atoms. The maximum atomic E-state index is 12.4. The summed E-state index contributed by atoms with van der Waals surface area (Å²) in [5.41, 5.74) is 3.14. The molecule has 1 atom stereocenters. The zero-order chi connectivity index (χ0) is 20.3. The van der Waals surface area contributed by atoms with Gasteiger partial charge in [-0.2, -0.15) is 0 Å². The molecule has 0 aliphatic rings. The molecule has 3 rings (SSSR count). The SMILES string of the molecule is CCC(OC(=O)c1ccc(-c2nc(C)c(C)[nH]2)cc1)C(=O)Nc1cc(C)on1. The van der Waals surface area contributed by atoms with Crippen LogP contribution in [0.3, 0.4) is 0 Å². The topological polar surface area (TPSA) is 110 Å². The number of aryl methyl sites for hydroxylation is 3. The molecular weight excluding hydrogens is 360 g/mol. The average Bonchev–Trinajstić information content (AvgIpc) is 3.24. The van der Waals surface area contributed by atoms with E-state index in [2.05, 4.69) is 20.4 Å². The molecule has 1 amide bonds. The second-order valence-corrected chi connectivity index (χ2v) is 6.49. The van der Waals surface area contributed by atoms with Gasteiger partial charge in [-0.15, -0.1) is 0 Å². The number of amides is 1. The van der Waals surface area contributed by atoms with Crippen LogP contribution >= 0.6 is 0 Å². The molecule has 2 aromatic heterocycles. The molecule has 0 aliphatic carbocycles. The van der Waals surface area contributed by atoms with E-state index in [-0.39, 0.29) is 5.82 Å². The van der Waals surface area contributed by atoms with Crippen molar-refractivity contribution in [3.63, 3.8) is 0 Å². The highest BCUT2D eigenvalue weighted by Crippen LogP contribution is 2.19. The van der Waals surface area contributed by atoms with Crippen molar-refractivity contribution in [3.05, 3.63) is 53.0 Å². The Labute approximate surface area is 162 Å². The van der Waals surface area contributed by atoms with Crippen LogP contribution in [0.5, 0.6) is 0 Å². The number of H-pyrrole nitrogens is 1. The number of esters is 1. The van der Waals surface area contributed by atoms with E-state index in [1.807, 2.05) is 13.8 Å². The molecule has 8 heteroatoms. The number of nitrogens with one attached hydrogen (secondary N) is 2. The van der Waals surface area contributed by atoms with Crippen LogP contribution < -0.4 is 5.32 Å². The lowest BCUT2D eigenvalue weighted by Crippen LogP contribution is -2.32. The molecule has 0 spiro atoms. The van der Waals surface area contributed by atoms with Gasteiger partial charge in [-0.25, -0.2) is 9.78 Å². The molecule has 2 N–H and O–H groups in total. The molecule has 2 heterocycles. The zero-order valence-electron chi connectivity index (χ0n) is 16.2. The molecule has 0 saturated heterocycles. The van der Waals surface area contributed by atoms with E-state index in [1.165, 1.54) is 0 Å². The lowest BCUT2D eigenvalue weighted by Gasteiger charge is -2.15. The highest BCUT2D eigenvalue weighted by atomic mass is 16.5. The third kappa shape index (κ3) is 4.28. The Bertz CT molecular complexity index is 969. The third-order valence-corrected chi connectivity index (χ3v) is 4.31. The van der Waals surface area contributed by atoms with E-state index < -0.39 is 18.0 Å². The van der Waals surface area contributed by atoms with Crippen LogP contribution in [0, 0.1) is 20.8 Å². The summed E-state index contributed by atoms with van der Waals surface area (Å²) >= 11 is 0. The highest BCUT2D eigenvalue weighted by Gasteiger charge is 2.23. The fourth-order valence-electron chi connectivity index (χ4n) is 2.60. The second-order valence-electron chi connectivity index (χ2n) is 6.49. The Morgan fingerprint density at radius 2 is 1.93 bits per heavy atom. The molecule has 0 saturated carbocycles. The summed E-state index contributed by atoms with van der Waals surface area (Å²) in [6, 6.07) is 8.46. The van der Waals surface area contributed by atoms with E-state index >= 15 is 0 Å². The quantitative estimate of drug-likeness (QED) is 0.631. The summed E-state index contributed by atoms with van der Waals surface area (Å²) < 4.78 is 10.3. The zero-order valence-corrected chi connectivity index (χ0v) is 16.2. The largest absolute Gasteiger partial charge is 0.449 e. The number of rotatable bonds is 6. The number of carbonyl (C=O) groups is 2. The average molecular weight is 382 g/mol. The lowest BCUT2D eigenvalue weighted by atomic mass is 10.1. The number of nitrogens with zero attached hydrogens (tertiary/aromatic N) is 2. The van der Waals surface area contributed by atoms with Gasteiger partial charge in [0.1, 0.15) is 11.6 Å². The predicted octanol–water partition coefficient (Wildman–Crippen LogP) is 3.56. The van der Waals surface area contributed by atoms with E-state index in [0.29, 0.717) is 17.7 Å². The fraction of sp³-hybridized carbons (Fsp3) is 0.300. The Morgan fingerprint density at radius 1 is 1.21 bits per heavy atom. The Hall–Kier alpha value is -3.42. The van der Waals surface area contributed by atoms with Crippen molar-refractivity contribution in [1.82, 2.24) is 15.1 Å². The van der Waals surface area contributed by atoms with Crippen LogP contribution in [-0.2, 0) is 9.53 Å². The minimum Gasteiger partial charge on any atom is -0.449 e. The number of imidazole rings is 1. The Kier molecular flexibility index (Phi) is 5.58. The monoisotopic (exact) mass is 382 g/mol. The fourth-order valence-corrected chi connectivity index (χ4v) is 2.60. The van der Waals surface area contributed by atoms with Gasteiger partial charge in [0.05, 0.1) is 11.3 Å². The van der Waals surface area contributed by atoms with Crippen LogP contribution in [0.2, 0.25) is 0 Å². The van der Waals surface area contributed by atoms with Crippen LogP contribution in [0.4, 0.5) is 5.82 Å². The normalized spacial score (nSPS) is 11.9. The second kappa shape index (κ2) is 8.08. The number of aromatic amines is 1. The Balaban J connectivity index is 1.66. The van der Waals surface area contributed by atoms with Crippen molar-refractivity contribution in [2.24, 2.45) is 0 Å². The molecule has 0 fully saturated rings. The minimum absolute atomic E-state index is 0.283. The number of anilines is 1. The van der Waals surface area contributed by atoms with E-state index in [9.17, 15) is 9.59 Å². The number of carbonyl (C=O) groups excluding carboxylic acids is 2. The van der Waals surface area contributed by atoms with Crippen molar-refractivity contribution in [2.45, 2.75) is 40.2 Å². The smallest absolute Gasteiger partial charge is 0.338 e. The first kappa shape index (κ1) is 19.3. The lowest BCUT2D eigenvalue weighted by molar-refractivity contribution is -0.124. The summed E-state index contributed by atoms with van der Waals surface area (Å²) in [5, 5.41) is 6.28. The molecule has 0 bridgehead atoms. The molecule has 1 aromatic carbocycles. The predicted molar refractivity (Wildman–Crippen MR) is 103 cm³/mol. The van der Waals surface area contributed by atoms with Gasteiger partial charge in [0.25, 0.3) is 5.91 Å². The first-order valence-corrected chi connectivity index (χ1v) is 8.96. The van der Waals surface area contributed by atoms with Crippen molar-refractivity contribution in [3.8, 4) is 11.4 Å². The van der Waals surface area contributed by atoms with E-state index in [1.54, 1.807) is 44.2 Å². The van der Waals surface area contributed by atoms with Crippen LogP contribution in [0.25, 0.3) is 11.4 Å². The van der Waals surface area contributed by atoms with E-state index in [0.717, 1.165) is 22.8 Å². The number of ether oxygens (including phenoxy) is 1. The van der Waals surface area contributed by atoms with Gasteiger partial charge in [-0.05, 0) is 39.3 Å². The van der Waals surface area contributed by atoms with Crippen LogP contribution in [0.15, 0.2) is 34.9 Å². The summed E-state index contributed by atoms with van der Waals surface area (Å²) in [6.45, 7) is 7.36. The maximum Gasteiger partial charge on any atom is 0.338 e. The van der Waals surface area contributed by atoms with Gasteiger partial charge in [0.2, 0.25) is 0 Å². The summed E-state index contributed by atoms with van der Waals surface area (Å²) in [4.78, 5) is 32.4. The highest BCUT2D eigenvalue weighted by molar-refractivity contribution is 5.97. The van der Waals surface area contributed by atoms with Gasteiger partial charge in [-0.1, -0.05) is 24.2 Å². The number of aromatic nitrogens is 3. The van der Waals surface area contributed by atoms with Gasteiger partial charge in [0.15, 0.2) is 11.9 Å². The summed E-state index contributed by atoms with van der Waals surface area (Å²) in [7, 11) is 0. The van der Waals surface area contributed by atoms with Crippen molar-refractivity contribution < 1.29 is 18.8 Å². The molecule has 1 unspecified atom stereocenters. The Morgan fingerprint density at radius 3 is 2.46 bits per heavy atom. The van der Waals surface area contributed by atoms with Gasteiger partial charge in [0, 0.05) is 17.3 Å². The van der Waals surface area contributed by atoms with Crippen molar-refractivity contribution in [2.75, 3.05) is 5.32 Å². The first-order chi connectivity index (χ1) is 13.4. The molecule has 0 radical (unpaired) electrons. The van der Waals surface area contributed by atoms with Crippen LogP contribution in [-0.4, -0.2) is 33.1 Å². The minimum atomic E-state index is -0.931. The molecule has 0 aliphatic heterocycles. The van der Waals surface area contributed by atoms with Crippen molar-refractivity contribution in [1.29, 1.82) is 0 Å². The number of hydrogen-bond acceptors (Lipinski definition) is 6. The molecule has 3 aromatic rings. The van der Waals surface area contributed by atoms with E-state index in [4.69, 9.17) is 9.26 Å². The molecule has 8 nitrogen and oxygen atoms in total. The molecule has 146 valence electrons. The number of hydrogen-bond donors (Lipinski definition) is 2.